The van der Waals surface area contributed by atoms with Crippen LogP contribution in [0, 0.1) is 0 Å². The minimum absolute atomic E-state index is 1.04. The van der Waals surface area contributed by atoms with Gasteiger partial charge in [-0.15, -0.1) is 11.8 Å². The van der Waals surface area contributed by atoms with Gasteiger partial charge in [0.25, 0.3) is 0 Å². The number of aliphatic imine (C=N–C) groups is 1. The molecule has 0 amide bonds. The summed E-state index contributed by atoms with van der Waals surface area (Å²) in [4.78, 5) is 4.01. The largest absolute Gasteiger partial charge is 0.282 e. The summed E-state index contributed by atoms with van der Waals surface area (Å²) < 4.78 is 0. The molecule has 0 spiro atoms. The summed E-state index contributed by atoms with van der Waals surface area (Å²) in [6.07, 6.45) is 2.98. The van der Waals surface area contributed by atoms with E-state index in [9.17, 15) is 0 Å². The molecule has 0 heterocycles. The van der Waals surface area contributed by atoms with Crippen molar-refractivity contribution in [3.63, 3.8) is 0 Å². The van der Waals surface area contributed by atoms with E-state index in [0.717, 1.165) is 10.8 Å². The van der Waals surface area contributed by atoms with Gasteiger partial charge < -0.3 is 0 Å². The molecule has 0 bridgehead atoms. The summed E-state index contributed by atoms with van der Waals surface area (Å²) in [5, 5.41) is 1.04. The van der Waals surface area contributed by atoms with Crippen molar-refractivity contribution in [1.82, 2.24) is 0 Å². The molecule has 0 radical (unpaired) electrons. The zero-order chi connectivity index (χ0) is 7.11. The van der Waals surface area contributed by atoms with Gasteiger partial charge in [-0.05, 0) is 18.2 Å². The van der Waals surface area contributed by atoms with Crippen LogP contribution in [-0.2, 0) is 0 Å². The Morgan fingerprint density at radius 3 is 2.78 bits per heavy atom. The minimum atomic E-state index is 1.04. The fourth-order valence-electron chi connectivity index (χ4n) is 0.421. The summed E-state index contributed by atoms with van der Waals surface area (Å²) in [6.45, 7) is 5.79. The third-order valence-electron chi connectivity index (χ3n) is 0.849. The van der Waals surface area contributed by atoms with Gasteiger partial charge in [0, 0.05) is 7.05 Å². The lowest BCUT2D eigenvalue weighted by Crippen LogP contribution is -1.86. The van der Waals surface area contributed by atoms with Gasteiger partial charge in [0.15, 0.2) is 0 Å². The molecule has 0 aliphatic rings. The smallest absolute Gasteiger partial charge is 0.0894 e. The quantitative estimate of drug-likeness (QED) is 0.436. The van der Waals surface area contributed by atoms with Crippen LogP contribution in [0.15, 0.2) is 17.6 Å². The fourth-order valence-corrected chi connectivity index (χ4v) is 1.08. The number of rotatable bonds is 3. The van der Waals surface area contributed by atoms with Crippen molar-refractivity contribution in [3.05, 3.63) is 12.7 Å². The lowest BCUT2D eigenvalue weighted by atomic mass is 10.6. The zero-order valence-electron chi connectivity index (χ0n) is 6.05. The van der Waals surface area contributed by atoms with Gasteiger partial charge >= 0.3 is 0 Å². The number of thioether (sulfide) groups is 1. The third kappa shape index (κ3) is 4.28. The van der Waals surface area contributed by atoms with Crippen LogP contribution < -0.4 is 0 Å². The van der Waals surface area contributed by atoms with Crippen molar-refractivity contribution in [2.24, 2.45) is 4.99 Å². The van der Waals surface area contributed by atoms with Crippen LogP contribution in [0.25, 0.3) is 0 Å². The molecule has 9 heavy (non-hydrogen) atoms. The van der Waals surface area contributed by atoms with Crippen molar-refractivity contribution < 1.29 is 0 Å². The lowest BCUT2D eigenvalue weighted by Gasteiger charge is -1.94. The van der Waals surface area contributed by atoms with E-state index < -0.39 is 0 Å². The summed E-state index contributed by atoms with van der Waals surface area (Å²) >= 11 is 1.75. The highest BCUT2D eigenvalue weighted by atomic mass is 32.2. The molecule has 0 N–H and O–H groups in total. The molecule has 0 aromatic heterocycles. The van der Waals surface area contributed by atoms with Crippen LogP contribution in [0.1, 0.15) is 13.3 Å². The Balaban J connectivity index is 3.45. The predicted molar refractivity (Wildman–Crippen MR) is 46.3 cm³/mol. The van der Waals surface area contributed by atoms with Crippen molar-refractivity contribution in [1.29, 1.82) is 0 Å². The summed E-state index contributed by atoms with van der Waals surface area (Å²) in [6, 6.07) is 0. The normalized spacial score (nSPS) is 11.6. The number of hydrogen-bond donors (Lipinski definition) is 0. The molecule has 0 saturated heterocycles. The second-order valence-corrected chi connectivity index (χ2v) is 2.73. The molecule has 0 aromatic rings. The topological polar surface area (TPSA) is 12.4 Å². The molecule has 0 aromatic carbocycles. The highest BCUT2D eigenvalue weighted by Gasteiger charge is 1.88. The fraction of sp³-hybridized carbons (Fsp3) is 0.571. The Morgan fingerprint density at radius 2 is 2.44 bits per heavy atom. The van der Waals surface area contributed by atoms with Crippen LogP contribution >= 0.6 is 11.8 Å². The second-order valence-electron chi connectivity index (χ2n) is 1.61. The molecule has 1 nitrogen and oxygen atoms in total. The van der Waals surface area contributed by atoms with Gasteiger partial charge in [-0.3, -0.25) is 4.99 Å². The molecular formula is C7H13NS. The Bertz CT molecular complexity index is 107. The van der Waals surface area contributed by atoms with E-state index in [0.29, 0.717) is 0 Å². The molecule has 0 fully saturated rings. The maximum absolute atomic E-state index is 4.01. The Kier molecular flexibility index (Phi) is 5.73. The third-order valence-corrected chi connectivity index (χ3v) is 2.11. The van der Waals surface area contributed by atoms with E-state index in [1.807, 2.05) is 0 Å². The van der Waals surface area contributed by atoms with E-state index in [4.69, 9.17) is 0 Å². The summed E-state index contributed by atoms with van der Waals surface area (Å²) in [5.74, 6) is 1.14. The molecule has 52 valence electrons. The van der Waals surface area contributed by atoms with E-state index in [1.54, 1.807) is 24.9 Å². The Labute approximate surface area is 61.3 Å². The Morgan fingerprint density at radius 1 is 1.78 bits per heavy atom. The average Bonchev–Trinajstić information content (AvgIpc) is 1.91. The van der Waals surface area contributed by atoms with Gasteiger partial charge in [-0.25, -0.2) is 0 Å². The van der Waals surface area contributed by atoms with Gasteiger partial charge in [0.1, 0.15) is 0 Å². The first-order chi connectivity index (χ1) is 4.35. The SMILES string of the molecule is C=CC(=NC)SCCC. The maximum Gasteiger partial charge on any atom is 0.0894 e. The van der Waals surface area contributed by atoms with Gasteiger partial charge in [0.05, 0.1) is 5.04 Å². The highest BCUT2D eigenvalue weighted by Crippen LogP contribution is 2.05. The number of nitrogens with zero attached hydrogens (tertiary/aromatic N) is 1. The van der Waals surface area contributed by atoms with Gasteiger partial charge in [-0.1, -0.05) is 13.5 Å². The molecule has 0 aliphatic heterocycles. The molecular weight excluding hydrogens is 130 g/mol. The molecule has 0 aliphatic carbocycles. The van der Waals surface area contributed by atoms with Crippen LogP contribution in [0.3, 0.4) is 0 Å². The van der Waals surface area contributed by atoms with Crippen LogP contribution in [0.2, 0.25) is 0 Å². The van der Waals surface area contributed by atoms with Crippen molar-refractivity contribution in [3.8, 4) is 0 Å². The zero-order valence-corrected chi connectivity index (χ0v) is 6.87. The molecule has 0 unspecified atom stereocenters. The van der Waals surface area contributed by atoms with Gasteiger partial charge in [-0.2, -0.15) is 0 Å². The van der Waals surface area contributed by atoms with Crippen molar-refractivity contribution >= 4 is 16.8 Å². The average molecular weight is 143 g/mol. The van der Waals surface area contributed by atoms with Crippen LogP contribution in [0.4, 0.5) is 0 Å². The molecule has 0 rings (SSSR count). The summed E-state index contributed by atoms with van der Waals surface area (Å²) in [5.41, 5.74) is 0. The first-order valence-corrected chi connectivity index (χ1v) is 4.05. The van der Waals surface area contributed by atoms with E-state index in [2.05, 4.69) is 18.5 Å². The van der Waals surface area contributed by atoms with Crippen molar-refractivity contribution in [2.45, 2.75) is 13.3 Å². The monoisotopic (exact) mass is 143 g/mol. The maximum atomic E-state index is 4.01. The molecule has 0 saturated carbocycles. The summed E-state index contributed by atoms with van der Waals surface area (Å²) in [7, 11) is 1.79. The first-order valence-electron chi connectivity index (χ1n) is 3.07. The van der Waals surface area contributed by atoms with Gasteiger partial charge in [0.2, 0.25) is 0 Å². The van der Waals surface area contributed by atoms with E-state index in [1.165, 1.54) is 6.42 Å². The highest BCUT2D eigenvalue weighted by molar-refractivity contribution is 8.14. The standard InChI is InChI=1S/C7H13NS/c1-4-6-9-7(5-2)8-3/h5H,2,4,6H2,1,3H3. The first kappa shape index (κ1) is 8.76. The lowest BCUT2D eigenvalue weighted by molar-refractivity contribution is 1.11. The van der Waals surface area contributed by atoms with Crippen molar-refractivity contribution in [2.75, 3.05) is 12.8 Å². The molecule has 2 heteroatoms. The second kappa shape index (κ2) is 5.89. The van der Waals surface area contributed by atoms with Crippen LogP contribution in [0.5, 0.6) is 0 Å². The predicted octanol–water partition coefficient (Wildman–Crippen LogP) is 2.34. The van der Waals surface area contributed by atoms with E-state index >= 15 is 0 Å². The number of hydrogen-bond acceptors (Lipinski definition) is 2. The molecule has 0 atom stereocenters. The minimum Gasteiger partial charge on any atom is -0.282 e. The van der Waals surface area contributed by atoms with E-state index in [-0.39, 0.29) is 0 Å². The van der Waals surface area contributed by atoms with Crippen LogP contribution in [-0.4, -0.2) is 17.8 Å². The Hall–Kier alpha value is -0.240.